The molecule has 0 spiro atoms. The van der Waals surface area contributed by atoms with Crippen molar-refractivity contribution in [2.75, 3.05) is 11.6 Å². The highest BCUT2D eigenvalue weighted by Gasteiger charge is 2.19. The molecule has 128 valence electrons. The predicted molar refractivity (Wildman–Crippen MR) is 92.0 cm³/mol. The van der Waals surface area contributed by atoms with Crippen LogP contribution < -0.4 is 11.1 Å². The molecule has 0 aliphatic carbocycles. The van der Waals surface area contributed by atoms with Crippen LogP contribution in [0.1, 0.15) is 11.1 Å². The third-order valence-corrected chi connectivity index (χ3v) is 4.10. The van der Waals surface area contributed by atoms with E-state index in [1.54, 1.807) is 6.26 Å². The number of allylic oxidation sites excluding steroid dienone is 1. The van der Waals surface area contributed by atoms with Crippen molar-refractivity contribution in [3.63, 3.8) is 0 Å². The number of rotatable bonds is 7. The fourth-order valence-corrected chi connectivity index (χ4v) is 2.81. The second-order valence-electron chi connectivity index (χ2n) is 5.01. The quantitative estimate of drug-likeness (QED) is 0.752. The van der Waals surface area contributed by atoms with Crippen molar-refractivity contribution >= 4 is 29.2 Å². The Labute approximate surface area is 142 Å². The van der Waals surface area contributed by atoms with Crippen LogP contribution in [0.25, 0.3) is 5.70 Å². The van der Waals surface area contributed by atoms with Crippen molar-refractivity contribution in [3.05, 3.63) is 48.3 Å². The molecule has 0 radical (unpaired) electrons. The second kappa shape index (κ2) is 8.07. The number of halogens is 2. The Bertz CT molecular complexity index is 745. The maximum absolute atomic E-state index is 12.8. The standard InChI is InChI=1S/C16H18F2N4OS/c1-10(14(17)18)22-9-20-15(16(22)24-2)21-13(23)7-11-4-3-5-12(6-11)8-19/h3-6,9,14H,1,7-8,19H2,2H3,(H,21,23). The summed E-state index contributed by atoms with van der Waals surface area (Å²) in [5.41, 5.74) is 6.94. The molecule has 0 atom stereocenters. The average molecular weight is 352 g/mol. The lowest BCUT2D eigenvalue weighted by Crippen LogP contribution is -2.16. The van der Waals surface area contributed by atoms with E-state index < -0.39 is 6.43 Å². The van der Waals surface area contributed by atoms with E-state index in [2.05, 4.69) is 16.9 Å². The number of nitrogens with one attached hydrogen (secondary N) is 1. The summed E-state index contributed by atoms with van der Waals surface area (Å²) < 4.78 is 26.8. The maximum Gasteiger partial charge on any atom is 0.278 e. The van der Waals surface area contributed by atoms with Gasteiger partial charge in [0.1, 0.15) is 11.4 Å². The summed E-state index contributed by atoms with van der Waals surface area (Å²) >= 11 is 1.20. The summed E-state index contributed by atoms with van der Waals surface area (Å²) in [4.78, 5) is 16.2. The normalized spacial score (nSPS) is 10.9. The van der Waals surface area contributed by atoms with Crippen molar-refractivity contribution in [1.82, 2.24) is 9.55 Å². The number of hydrogen-bond donors (Lipinski definition) is 2. The van der Waals surface area contributed by atoms with Crippen LogP contribution in [0.4, 0.5) is 14.6 Å². The van der Waals surface area contributed by atoms with Crippen molar-refractivity contribution < 1.29 is 13.6 Å². The zero-order valence-electron chi connectivity index (χ0n) is 13.1. The van der Waals surface area contributed by atoms with E-state index in [9.17, 15) is 13.6 Å². The molecular weight excluding hydrogens is 334 g/mol. The molecular formula is C16H18F2N4OS. The van der Waals surface area contributed by atoms with Gasteiger partial charge in [-0.05, 0) is 17.4 Å². The number of nitrogens with zero attached hydrogens (tertiary/aromatic N) is 2. The van der Waals surface area contributed by atoms with Gasteiger partial charge in [0.15, 0.2) is 5.82 Å². The molecule has 1 aromatic carbocycles. The first-order valence-corrected chi connectivity index (χ1v) is 8.35. The van der Waals surface area contributed by atoms with E-state index in [0.29, 0.717) is 11.6 Å². The van der Waals surface area contributed by atoms with Crippen LogP contribution in [0.5, 0.6) is 0 Å². The van der Waals surface area contributed by atoms with Gasteiger partial charge in [-0.1, -0.05) is 30.8 Å². The molecule has 5 nitrogen and oxygen atoms in total. The molecule has 0 bridgehead atoms. The van der Waals surface area contributed by atoms with E-state index >= 15 is 0 Å². The maximum atomic E-state index is 12.8. The molecule has 0 saturated heterocycles. The van der Waals surface area contributed by atoms with Crippen molar-refractivity contribution in [3.8, 4) is 0 Å². The Morgan fingerprint density at radius 3 is 2.79 bits per heavy atom. The Morgan fingerprint density at radius 1 is 1.46 bits per heavy atom. The van der Waals surface area contributed by atoms with Gasteiger partial charge in [0.25, 0.3) is 6.43 Å². The first kappa shape index (κ1) is 18.2. The fraction of sp³-hybridized carbons (Fsp3) is 0.250. The fourth-order valence-electron chi connectivity index (χ4n) is 2.16. The van der Waals surface area contributed by atoms with E-state index in [0.717, 1.165) is 11.1 Å². The van der Waals surface area contributed by atoms with Gasteiger partial charge in [0.05, 0.1) is 12.1 Å². The molecule has 2 aromatic rings. The molecule has 1 amide bonds. The van der Waals surface area contributed by atoms with E-state index in [4.69, 9.17) is 5.73 Å². The lowest BCUT2D eigenvalue weighted by atomic mass is 10.1. The molecule has 1 heterocycles. The van der Waals surface area contributed by atoms with E-state index in [1.165, 1.54) is 22.7 Å². The number of aromatic nitrogens is 2. The van der Waals surface area contributed by atoms with E-state index in [1.807, 2.05) is 24.3 Å². The summed E-state index contributed by atoms with van der Waals surface area (Å²) in [5, 5.41) is 3.06. The zero-order chi connectivity index (χ0) is 17.7. The smallest absolute Gasteiger partial charge is 0.278 e. The van der Waals surface area contributed by atoms with Gasteiger partial charge in [-0.15, -0.1) is 11.8 Å². The molecule has 2 rings (SSSR count). The highest BCUT2D eigenvalue weighted by atomic mass is 32.2. The minimum absolute atomic E-state index is 0.143. The highest BCUT2D eigenvalue weighted by Crippen LogP contribution is 2.28. The van der Waals surface area contributed by atoms with Crippen LogP contribution in [0.3, 0.4) is 0 Å². The van der Waals surface area contributed by atoms with Crippen molar-refractivity contribution in [1.29, 1.82) is 0 Å². The number of benzene rings is 1. The summed E-state index contributed by atoms with van der Waals surface area (Å²) in [6, 6.07) is 7.39. The highest BCUT2D eigenvalue weighted by molar-refractivity contribution is 7.98. The predicted octanol–water partition coefficient (Wildman–Crippen LogP) is 2.98. The first-order valence-electron chi connectivity index (χ1n) is 7.12. The van der Waals surface area contributed by atoms with Gasteiger partial charge >= 0.3 is 0 Å². The second-order valence-corrected chi connectivity index (χ2v) is 5.81. The summed E-state index contributed by atoms with van der Waals surface area (Å²) in [6.07, 6.45) is 0.384. The lowest BCUT2D eigenvalue weighted by Gasteiger charge is -2.10. The Hall–Kier alpha value is -2.19. The Kier molecular flexibility index (Phi) is 6.10. The number of imidazole rings is 1. The number of hydrogen-bond acceptors (Lipinski definition) is 4. The average Bonchev–Trinajstić information content (AvgIpc) is 2.96. The molecule has 24 heavy (non-hydrogen) atoms. The van der Waals surface area contributed by atoms with Gasteiger partial charge in [-0.25, -0.2) is 13.8 Å². The molecule has 0 fully saturated rings. The minimum atomic E-state index is -2.70. The molecule has 8 heteroatoms. The third-order valence-electron chi connectivity index (χ3n) is 3.33. The Morgan fingerprint density at radius 2 is 2.17 bits per heavy atom. The van der Waals surface area contributed by atoms with Gasteiger partial charge in [0, 0.05) is 6.54 Å². The third kappa shape index (κ3) is 4.21. The van der Waals surface area contributed by atoms with Crippen LogP contribution in [0.2, 0.25) is 0 Å². The molecule has 0 aliphatic heterocycles. The Balaban J connectivity index is 2.12. The molecule has 1 aromatic heterocycles. The van der Waals surface area contributed by atoms with Crippen LogP contribution in [0, 0.1) is 0 Å². The lowest BCUT2D eigenvalue weighted by molar-refractivity contribution is -0.115. The monoisotopic (exact) mass is 352 g/mol. The van der Waals surface area contributed by atoms with Crippen molar-refractivity contribution in [2.45, 2.75) is 24.4 Å². The number of carbonyl (C=O) groups is 1. The summed E-state index contributed by atoms with van der Waals surface area (Å²) in [6.45, 7) is 3.74. The molecule has 3 N–H and O–H groups in total. The first-order chi connectivity index (χ1) is 11.5. The zero-order valence-corrected chi connectivity index (χ0v) is 13.9. The topological polar surface area (TPSA) is 72.9 Å². The number of carbonyl (C=O) groups excluding carboxylic acids is 1. The van der Waals surface area contributed by atoms with Crippen LogP contribution in [-0.2, 0) is 17.8 Å². The van der Waals surface area contributed by atoms with Crippen LogP contribution in [-0.4, -0.2) is 28.1 Å². The number of amides is 1. The van der Waals surface area contributed by atoms with E-state index in [-0.39, 0.29) is 23.8 Å². The summed E-state index contributed by atoms with van der Waals surface area (Å²) in [7, 11) is 0. The van der Waals surface area contributed by atoms with Crippen molar-refractivity contribution in [2.24, 2.45) is 5.73 Å². The minimum Gasteiger partial charge on any atom is -0.326 e. The van der Waals surface area contributed by atoms with Gasteiger partial charge in [0.2, 0.25) is 5.91 Å². The number of anilines is 1. The molecule has 0 saturated carbocycles. The van der Waals surface area contributed by atoms with Crippen LogP contribution in [0.15, 0.2) is 42.2 Å². The number of alkyl halides is 2. The number of nitrogens with two attached hydrogens (primary N) is 1. The number of thioether (sulfide) groups is 1. The summed E-state index contributed by atoms with van der Waals surface area (Å²) in [5.74, 6) is -0.0448. The van der Waals surface area contributed by atoms with Gasteiger partial charge in [-0.3, -0.25) is 9.36 Å². The largest absolute Gasteiger partial charge is 0.326 e. The van der Waals surface area contributed by atoms with Crippen LogP contribution >= 0.6 is 11.8 Å². The molecule has 0 aliphatic rings. The van der Waals surface area contributed by atoms with Gasteiger partial charge in [-0.2, -0.15) is 0 Å². The molecule has 0 unspecified atom stereocenters. The SMILES string of the molecule is C=C(C(F)F)n1cnc(NC(=O)Cc2cccc(CN)c2)c1SC. The van der Waals surface area contributed by atoms with Gasteiger partial charge < -0.3 is 11.1 Å².